The van der Waals surface area contributed by atoms with Crippen molar-refractivity contribution in [3.63, 3.8) is 0 Å². The third kappa shape index (κ3) is 7.34. The quantitative estimate of drug-likeness (QED) is 0.683. The second kappa shape index (κ2) is 5.83. The van der Waals surface area contributed by atoms with Gasteiger partial charge in [0.15, 0.2) is 0 Å². The van der Waals surface area contributed by atoms with Crippen LogP contribution in [0.25, 0.3) is 0 Å². The Morgan fingerprint density at radius 2 is 1.65 bits per heavy atom. The van der Waals surface area contributed by atoms with Crippen molar-refractivity contribution < 1.29 is 9.90 Å². The van der Waals surface area contributed by atoms with Gasteiger partial charge in [-0.1, -0.05) is 34.6 Å². The second-order valence-electron chi connectivity index (χ2n) is 6.65. The molecule has 17 heavy (non-hydrogen) atoms. The van der Waals surface area contributed by atoms with E-state index in [-0.39, 0.29) is 30.0 Å². The minimum atomic E-state index is -0.879. The SMILES string of the molecule is CC(C)N[C@H](C(=O)NCC(C)(C)O)C(C)(C)C. The fraction of sp³-hybridized carbons (Fsp3) is 0.923. The lowest BCUT2D eigenvalue weighted by Gasteiger charge is -2.32. The van der Waals surface area contributed by atoms with Crippen molar-refractivity contribution in [2.45, 2.75) is 66.2 Å². The molecule has 3 N–H and O–H groups in total. The first-order valence-corrected chi connectivity index (χ1v) is 6.19. The van der Waals surface area contributed by atoms with Crippen molar-refractivity contribution >= 4 is 5.91 Å². The Labute approximate surface area is 105 Å². The third-order valence-electron chi connectivity index (χ3n) is 2.32. The number of amides is 1. The molecule has 0 aliphatic carbocycles. The van der Waals surface area contributed by atoms with Gasteiger partial charge in [0.1, 0.15) is 0 Å². The minimum Gasteiger partial charge on any atom is -0.389 e. The summed E-state index contributed by atoms with van der Waals surface area (Å²) in [5, 5.41) is 15.6. The Morgan fingerprint density at radius 1 is 1.18 bits per heavy atom. The number of hydrogen-bond donors (Lipinski definition) is 3. The molecule has 0 fully saturated rings. The van der Waals surface area contributed by atoms with Crippen molar-refractivity contribution in [1.82, 2.24) is 10.6 Å². The molecular weight excluding hydrogens is 216 g/mol. The van der Waals surface area contributed by atoms with Gasteiger partial charge in [-0.2, -0.15) is 0 Å². The maximum Gasteiger partial charge on any atom is 0.237 e. The first-order valence-electron chi connectivity index (χ1n) is 6.19. The van der Waals surface area contributed by atoms with Gasteiger partial charge >= 0.3 is 0 Å². The number of carbonyl (C=O) groups is 1. The molecule has 1 amide bonds. The van der Waals surface area contributed by atoms with E-state index in [2.05, 4.69) is 10.6 Å². The predicted octanol–water partition coefficient (Wildman–Crippen LogP) is 1.29. The Kier molecular flexibility index (Phi) is 5.62. The Morgan fingerprint density at radius 3 is 1.94 bits per heavy atom. The fourth-order valence-electron chi connectivity index (χ4n) is 1.46. The average Bonchev–Trinajstić information content (AvgIpc) is 2.07. The van der Waals surface area contributed by atoms with Crippen LogP contribution in [0, 0.1) is 5.41 Å². The summed E-state index contributed by atoms with van der Waals surface area (Å²) in [7, 11) is 0. The summed E-state index contributed by atoms with van der Waals surface area (Å²) in [6, 6.07) is -0.0167. The lowest BCUT2D eigenvalue weighted by molar-refractivity contribution is -0.126. The number of aliphatic hydroxyl groups is 1. The molecule has 102 valence electrons. The lowest BCUT2D eigenvalue weighted by atomic mass is 9.85. The molecule has 0 aliphatic heterocycles. The van der Waals surface area contributed by atoms with E-state index in [1.165, 1.54) is 0 Å². The molecule has 1 atom stereocenters. The summed E-state index contributed by atoms with van der Waals surface area (Å²) in [5.74, 6) is -0.0617. The topological polar surface area (TPSA) is 61.4 Å². The molecule has 0 heterocycles. The highest BCUT2D eigenvalue weighted by Crippen LogP contribution is 2.20. The summed E-state index contributed by atoms with van der Waals surface area (Å²) in [4.78, 5) is 12.1. The van der Waals surface area contributed by atoms with E-state index < -0.39 is 5.60 Å². The smallest absolute Gasteiger partial charge is 0.237 e. The Bertz CT molecular complexity index is 249. The van der Waals surface area contributed by atoms with Gasteiger partial charge in [0.25, 0.3) is 0 Å². The molecule has 0 aromatic heterocycles. The van der Waals surface area contributed by atoms with Crippen LogP contribution in [-0.4, -0.2) is 35.2 Å². The zero-order valence-electron chi connectivity index (χ0n) is 12.2. The molecular formula is C13H28N2O2. The van der Waals surface area contributed by atoms with Crippen LogP contribution in [0.3, 0.4) is 0 Å². The summed E-state index contributed by atoms with van der Waals surface area (Å²) in [6.07, 6.45) is 0. The van der Waals surface area contributed by atoms with Crippen molar-refractivity contribution in [2.75, 3.05) is 6.54 Å². The highest BCUT2D eigenvalue weighted by Gasteiger charge is 2.32. The highest BCUT2D eigenvalue weighted by atomic mass is 16.3. The molecule has 0 saturated heterocycles. The van der Waals surface area contributed by atoms with Gasteiger partial charge in [-0.25, -0.2) is 0 Å². The lowest BCUT2D eigenvalue weighted by Crippen LogP contribution is -2.55. The first-order chi connectivity index (χ1) is 7.43. The van der Waals surface area contributed by atoms with E-state index in [0.717, 1.165) is 0 Å². The number of rotatable bonds is 5. The zero-order valence-corrected chi connectivity index (χ0v) is 12.2. The van der Waals surface area contributed by atoms with Crippen molar-refractivity contribution in [1.29, 1.82) is 0 Å². The number of hydrogen-bond acceptors (Lipinski definition) is 3. The molecule has 0 aliphatic rings. The highest BCUT2D eigenvalue weighted by molar-refractivity contribution is 5.82. The van der Waals surface area contributed by atoms with Crippen LogP contribution in [0.5, 0.6) is 0 Å². The van der Waals surface area contributed by atoms with Crippen molar-refractivity contribution in [3.8, 4) is 0 Å². The van der Waals surface area contributed by atoms with Gasteiger partial charge in [-0.15, -0.1) is 0 Å². The van der Waals surface area contributed by atoms with Crippen LogP contribution in [0.2, 0.25) is 0 Å². The standard InChI is InChI=1S/C13H28N2O2/c1-9(2)15-10(12(3,4)5)11(16)14-8-13(6,7)17/h9-10,15,17H,8H2,1-7H3,(H,14,16)/t10-/m1/s1. The van der Waals surface area contributed by atoms with Crippen molar-refractivity contribution in [2.24, 2.45) is 5.41 Å². The summed E-state index contributed by atoms with van der Waals surface area (Å²) < 4.78 is 0. The van der Waals surface area contributed by atoms with Crippen LogP contribution in [0.15, 0.2) is 0 Å². The zero-order chi connectivity index (χ0) is 13.9. The molecule has 0 aromatic rings. The van der Waals surface area contributed by atoms with Gasteiger partial charge in [-0.3, -0.25) is 4.79 Å². The summed E-state index contributed by atoms with van der Waals surface area (Å²) in [6.45, 7) is 13.7. The number of nitrogens with one attached hydrogen (secondary N) is 2. The molecule has 0 unspecified atom stereocenters. The van der Waals surface area contributed by atoms with Gasteiger partial charge in [0.2, 0.25) is 5.91 Å². The molecule has 0 saturated carbocycles. The molecule has 0 radical (unpaired) electrons. The minimum absolute atomic E-state index is 0.0617. The fourth-order valence-corrected chi connectivity index (χ4v) is 1.46. The maximum absolute atomic E-state index is 12.1. The molecule has 4 heteroatoms. The van der Waals surface area contributed by atoms with Gasteiger partial charge in [0.05, 0.1) is 11.6 Å². The average molecular weight is 244 g/mol. The molecule has 0 rings (SSSR count). The van der Waals surface area contributed by atoms with Gasteiger partial charge < -0.3 is 15.7 Å². The largest absolute Gasteiger partial charge is 0.389 e. The van der Waals surface area contributed by atoms with E-state index in [1.54, 1.807) is 13.8 Å². The maximum atomic E-state index is 12.1. The van der Waals surface area contributed by atoms with E-state index in [9.17, 15) is 9.90 Å². The Hall–Kier alpha value is -0.610. The normalized spacial score (nSPS) is 14.9. The second-order valence-corrected chi connectivity index (χ2v) is 6.65. The first kappa shape index (κ1) is 16.4. The van der Waals surface area contributed by atoms with E-state index in [0.29, 0.717) is 0 Å². The monoisotopic (exact) mass is 244 g/mol. The van der Waals surface area contributed by atoms with Crippen LogP contribution >= 0.6 is 0 Å². The third-order valence-corrected chi connectivity index (χ3v) is 2.32. The molecule has 0 bridgehead atoms. The van der Waals surface area contributed by atoms with Crippen LogP contribution in [-0.2, 0) is 4.79 Å². The summed E-state index contributed by atoms with van der Waals surface area (Å²) >= 11 is 0. The summed E-state index contributed by atoms with van der Waals surface area (Å²) in [5.41, 5.74) is -1.04. The molecule has 4 nitrogen and oxygen atoms in total. The van der Waals surface area contributed by atoms with E-state index in [1.807, 2.05) is 34.6 Å². The molecule has 0 spiro atoms. The van der Waals surface area contributed by atoms with E-state index >= 15 is 0 Å². The van der Waals surface area contributed by atoms with Gasteiger partial charge in [-0.05, 0) is 19.3 Å². The molecule has 0 aromatic carbocycles. The van der Waals surface area contributed by atoms with Crippen LogP contribution in [0.4, 0.5) is 0 Å². The van der Waals surface area contributed by atoms with Crippen LogP contribution < -0.4 is 10.6 Å². The number of carbonyl (C=O) groups excluding carboxylic acids is 1. The van der Waals surface area contributed by atoms with Crippen molar-refractivity contribution in [3.05, 3.63) is 0 Å². The predicted molar refractivity (Wildman–Crippen MR) is 70.8 cm³/mol. The van der Waals surface area contributed by atoms with Gasteiger partial charge in [0, 0.05) is 12.6 Å². The van der Waals surface area contributed by atoms with Crippen LogP contribution in [0.1, 0.15) is 48.5 Å². The van der Waals surface area contributed by atoms with E-state index in [4.69, 9.17) is 0 Å². The Balaban J connectivity index is 4.55.